The van der Waals surface area contributed by atoms with Gasteiger partial charge >= 0.3 is 0 Å². The van der Waals surface area contributed by atoms with Gasteiger partial charge in [-0.25, -0.2) is 4.98 Å². The Morgan fingerprint density at radius 1 is 1.30 bits per heavy atom. The van der Waals surface area contributed by atoms with Crippen LogP contribution in [0.1, 0.15) is 42.3 Å². The first-order valence-electron chi connectivity index (χ1n) is 8.62. The second-order valence-corrected chi connectivity index (χ2v) is 7.50. The molecule has 124 valence electrons. The molecule has 1 saturated heterocycles. The lowest BCUT2D eigenvalue weighted by molar-refractivity contribution is -0.0405. The summed E-state index contributed by atoms with van der Waals surface area (Å²) in [4.78, 5) is 7.37. The van der Waals surface area contributed by atoms with Crippen LogP contribution in [0.4, 0.5) is 0 Å². The van der Waals surface area contributed by atoms with Crippen molar-refractivity contribution in [3.8, 4) is 0 Å². The molecule has 0 N–H and O–H groups in total. The van der Waals surface area contributed by atoms with Gasteiger partial charge in [-0.2, -0.15) is 5.10 Å². The molecule has 3 heterocycles. The van der Waals surface area contributed by atoms with Crippen molar-refractivity contribution >= 4 is 11.3 Å². The Kier molecular flexibility index (Phi) is 4.73. The molecule has 0 spiro atoms. The largest absolute Gasteiger partial charge is 0.374 e. The average molecular weight is 332 g/mol. The molecule has 1 saturated carbocycles. The van der Waals surface area contributed by atoms with Crippen LogP contribution in [0.5, 0.6) is 0 Å². The fourth-order valence-electron chi connectivity index (χ4n) is 3.64. The third-order valence-corrected chi connectivity index (χ3v) is 5.89. The first kappa shape index (κ1) is 15.3. The molecule has 4 rings (SSSR count). The predicted octanol–water partition coefficient (Wildman–Crippen LogP) is 2.90. The van der Waals surface area contributed by atoms with E-state index in [0.29, 0.717) is 0 Å². The summed E-state index contributed by atoms with van der Waals surface area (Å²) in [5, 5.41) is 7.89. The minimum Gasteiger partial charge on any atom is -0.374 e. The topological polar surface area (TPSA) is 43.2 Å². The van der Waals surface area contributed by atoms with Gasteiger partial charge in [-0.05, 0) is 18.9 Å². The second-order valence-electron chi connectivity index (χ2n) is 6.61. The molecular weight excluding hydrogens is 308 g/mol. The molecule has 2 aliphatic rings. The first-order valence-corrected chi connectivity index (χ1v) is 9.50. The number of aromatic nitrogens is 3. The van der Waals surface area contributed by atoms with E-state index in [4.69, 9.17) is 9.72 Å². The standard InChI is InChI=1S/C17H24N4OS/c1-2-5-14(4-1)17-19-15(13-23-17)10-20-8-9-22-16(11-20)12-21-7-3-6-18-21/h3,6-7,13-14,16H,1-2,4-5,8-12H2. The Morgan fingerprint density at radius 2 is 2.22 bits per heavy atom. The lowest BCUT2D eigenvalue weighted by Crippen LogP contribution is -2.43. The Balaban J connectivity index is 1.33. The van der Waals surface area contributed by atoms with Crippen LogP contribution in [-0.2, 0) is 17.8 Å². The van der Waals surface area contributed by atoms with Gasteiger partial charge in [0.2, 0.25) is 0 Å². The molecule has 1 atom stereocenters. The molecule has 23 heavy (non-hydrogen) atoms. The van der Waals surface area contributed by atoms with Crippen LogP contribution < -0.4 is 0 Å². The van der Waals surface area contributed by atoms with Gasteiger partial charge in [-0.1, -0.05) is 12.8 Å². The van der Waals surface area contributed by atoms with Gasteiger partial charge in [0.05, 0.1) is 30.0 Å². The third-order valence-electron chi connectivity index (χ3n) is 4.83. The maximum Gasteiger partial charge on any atom is 0.0959 e. The number of hydrogen-bond donors (Lipinski definition) is 0. The summed E-state index contributed by atoms with van der Waals surface area (Å²) in [6.45, 7) is 4.52. The molecule has 0 aromatic carbocycles. The van der Waals surface area contributed by atoms with Gasteiger partial charge in [0.15, 0.2) is 0 Å². The fourth-order valence-corrected chi connectivity index (χ4v) is 4.62. The summed E-state index contributed by atoms with van der Waals surface area (Å²) in [6, 6.07) is 1.96. The van der Waals surface area contributed by atoms with E-state index in [1.54, 1.807) is 0 Å². The molecule has 2 fully saturated rings. The molecule has 1 aliphatic carbocycles. The van der Waals surface area contributed by atoms with Crippen LogP contribution in [0.3, 0.4) is 0 Å². The number of nitrogens with zero attached hydrogens (tertiary/aromatic N) is 4. The molecule has 1 unspecified atom stereocenters. The molecule has 5 nitrogen and oxygen atoms in total. The SMILES string of the molecule is c1cnn(CC2CN(Cc3csc(C4CCCC4)n3)CCO2)c1. The normalized spacial score (nSPS) is 23.6. The Labute approximate surface area is 141 Å². The van der Waals surface area contributed by atoms with Crippen LogP contribution in [0, 0.1) is 0 Å². The van der Waals surface area contributed by atoms with Gasteiger partial charge in [-0.3, -0.25) is 9.58 Å². The zero-order chi connectivity index (χ0) is 15.5. The minimum atomic E-state index is 0.219. The number of morpholine rings is 1. The van der Waals surface area contributed by atoms with Crippen molar-refractivity contribution in [2.75, 3.05) is 19.7 Å². The minimum absolute atomic E-state index is 0.219. The van der Waals surface area contributed by atoms with Gasteiger partial charge in [0, 0.05) is 43.3 Å². The van der Waals surface area contributed by atoms with Gasteiger partial charge in [-0.15, -0.1) is 11.3 Å². The number of hydrogen-bond acceptors (Lipinski definition) is 5. The van der Waals surface area contributed by atoms with E-state index in [2.05, 4.69) is 15.4 Å². The average Bonchev–Trinajstić information content (AvgIpc) is 3.30. The summed E-state index contributed by atoms with van der Waals surface area (Å²) < 4.78 is 7.84. The van der Waals surface area contributed by atoms with E-state index in [1.807, 2.05) is 34.5 Å². The monoisotopic (exact) mass is 332 g/mol. The molecule has 0 bridgehead atoms. The van der Waals surface area contributed by atoms with Gasteiger partial charge in [0.1, 0.15) is 0 Å². The summed E-state index contributed by atoms with van der Waals surface area (Å²) in [6.07, 6.45) is 9.44. The molecule has 2 aromatic heterocycles. The van der Waals surface area contributed by atoms with Crippen molar-refractivity contribution in [1.29, 1.82) is 0 Å². The summed E-state index contributed by atoms with van der Waals surface area (Å²) in [5.74, 6) is 0.728. The van der Waals surface area contributed by atoms with Crippen molar-refractivity contribution in [1.82, 2.24) is 19.7 Å². The molecule has 2 aromatic rings. The van der Waals surface area contributed by atoms with E-state index >= 15 is 0 Å². The zero-order valence-corrected chi connectivity index (χ0v) is 14.2. The summed E-state index contributed by atoms with van der Waals surface area (Å²) >= 11 is 1.86. The van der Waals surface area contributed by atoms with E-state index in [1.165, 1.54) is 36.4 Å². The smallest absolute Gasteiger partial charge is 0.0959 e. The summed E-state index contributed by atoms with van der Waals surface area (Å²) in [7, 11) is 0. The molecule has 0 amide bonds. The van der Waals surface area contributed by atoms with Crippen LogP contribution >= 0.6 is 11.3 Å². The Hall–Kier alpha value is -1.24. The van der Waals surface area contributed by atoms with E-state index in [9.17, 15) is 0 Å². The third kappa shape index (κ3) is 3.82. The van der Waals surface area contributed by atoms with Gasteiger partial charge in [0.25, 0.3) is 0 Å². The van der Waals surface area contributed by atoms with E-state index in [-0.39, 0.29) is 6.10 Å². The van der Waals surface area contributed by atoms with Crippen LogP contribution in [0.2, 0.25) is 0 Å². The van der Waals surface area contributed by atoms with Crippen molar-refractivity contribution in [3.63, 3.8) is 0 Å². The molecular formula is C17H24N4OS. The first-order chi connectivity index (χ1) is 11.4. The molecule has 6 heteroatoms. The van der Waals surface area contributed by atoms with E-state index in [0.717, 1.165) is 38.7 Å². The highest BCUT2D eigenvalue weighted by Crippen LogP contribution is 2.35. The second kappa shape index (κ2) is 7.11. The van der Waals surface area contributed by atoms with Crippen molar-refractivity contribution in [2.45, 2.75) is 50.8 Å². The number of rotatable bonds is 5. The van der Waals surface area contributed by atoms with E-state index < -0.39 is 0 Å². The van der Waals surface area contributed by atoms with Crippen LogP contribution in [0.25, 0.3) is 0 Å². The van der Waals surface area contributed by atoms with Crippen molar-refractivity contribution in [3.05, 3.63) is 34.5 Å². The lowest BCUT2D eigenvalue weighted by Gasteiger charge is -2.32. The number of ether oxygens (including phenoxy) is 1. The zero-order valence-electron chi connectivity index (χ0n) is 13.4. The number of thiazole rings is 1. The lowest BCUT2D eigenvalue weighted by atomic mass is 10.1. The fraction of sp³-hybridized carbons (Fsp3) is 0.647. The Bertz CT molecular complexity index is 606. The maximum atomic E-state index is 5.89. The Morgan fingerprint density at radius 3 is 3.04 bits per heavy atom. The predicted molar refractivity (Wildman–Crippen MR) is 90.6 cm³/mol. The van der Waals surface area contributed by atoms with Crippen molar-refractivity contribution in [2.24, 2.45) is 0 Å². The summed E-state index contributed by atoms with van der Waals surface area (Å²) in [5.41, 5.74) is 1.23. The van der Waals surface area contributed by atoms with Crippen LogP contribution in [-0.4, -0.2) is 45.5 Å². The highest BCUT2D eigenvalue weighted by molar-refractivity contribution is 7.09. The van der Waals surface area contributed by atoms with Gasteiger partial charge < -0.3 is 4.74 Å². The highest BCUT2D eigenvalue weighted by atomic mass is 32.1. The van der Waals surface area contributed by atoms with Crippen molar-refractivity contribution < 1.29 is 4.74 Å². The molecule has 1 aliphatic heterocycles. The quantitative estimate of drug-likeness (QED) is 0.844. The molecule has 0 radical (unpaired) electrons. The highest BCUT2D eigenvalue weighted by Gasteiger charge is 2.23. The van der Waals surface area contributed by atoms with Crippen LogP contribution in [0.15, 0.2) is 23.8 Å². The maximum absolute atomic E-state index is 5.89.